The first-order valence-corrected chi connectivity index (χ1v) is 10.7. The van der Waals surface area contributed by atoms with Gasteiger partial charge in [-0.25, -0.2) is 0 Å². The maximum absolute atomic E-state index is 9.12. The summed E-state index contributed by atoms with van der Waals surface area (Å²) in [6, 6.07) is 16.8. The molecule has 0 radical (unpaired) electrons. The highest BCUT2D eigenvalue weighted by Gasteiger charge is 2.23. The largest absolute Gasteiger partial charge is 0.485 e. The fourth-order valence-corrected chi connectivity index (χ4v) is 5.30. The minimum Gasteiger partial charge on any atom is -0.485 e. The molecule has 134 valence electrons. The first kappa shape index (κ1) is 18.6. The van der Waals surface area contributed by atoms with E-state index in [2.05, 4.69) is 42.5 Å². The first-order valence-electron chi connectivity index (χ1n) is 8.61. The average molecular weight is 377 g/mol. The van der Waals surface area contributed by atoms with Crippen molar-refractivity contribution in [2.75, 3.05) is 24.7 Å². The van der Waals surface area contributed by atoms with Gasteiger partial charge in [0.15, 0.2) is 0 Å². The van der Waals surface area contributed by atoms with E-state index in [1.54, 1.807) is 23.5 Å². The van der Waals surface area contributed by atoms with Crippen LogP contribution in [0.4, 0.5) is 0 Å². The lowest BCUT2D eigenvalue weighted by molar-refractivity contribution is 0.176. The normalized spacial score (nSPS) is 16.5. The molecule has 25 heavy (non-hydrogen) atoms. The van der Waals surface area contributed by atoms with Gasteiger partial charge in [0, 0.05) is 11.5 Å². The molecule has 0 aliphatic carbocycles. The number of hydrogen-bond donors (Lipinski definition) is 2. The lowest BCUT2D eigenvalue weighted by atomic mass is 9.96. The first-order chi connectivity index (χ1) is 12.3. The van der Waals surface area contributed by atoms with Gasteiger partial charge >= 0.3 is 0 Å². The maximum Gasteiger partial charge on any atom is 0.124 e. The molecule has 0 aromatic heterocycles. The summed E-state index contributed by atoms with van der Waals surface area (Å²) in [5, 5.41) is 18.2. The fraction of sp³-hybridized carbons (Fsp3) is 0.400. The van der Waals surface area contributed by atoms with Crippen molar-refractivity contribution in [1.29, 1.82) is 0 Å². The summed E-state index contributed by atoms with van der Waals surface area (Å²) in [4.78, 5) is 0. The van der Waals surface area contributed by atoms with Crippen LogP contribution in [0.2, 0.25) is 0 Å². The molecule has 2 aromatic rings. The summed E-state index contributed by atoms with van der Waals surface area (Å²) in [5.74, 6) is 2.38. The fourth-order valence-electron chi connectivity index (χ4n) is 3.02. The number of aliphatic hydroxyl groups is 2. The van der Waals surface area contributed by atoms with Crippen molar-refractivity contribution in [3.05, 3.63) is 65.2 Å². The van der Waals surface area contributed by atoms with E-state index in [0.29, 0.717) is 11.5 Å². The minimum atomic E-state index is 0.128. The summed E-state index contributed by atoms with van der Waals surface area (Å²) in [6.07, 6.45) is 2.12. The third kappa shape index (κ3) is 4.94. The van der Waals surface area contributed by atoms with Crippen LogP contribution in [-0.2, 0) is 6.42 Å². The Balaban J connectivity index is 1.74. The van der Waals surface area contributed by atoms with Crippen LogP contribution in [0, 0.1) is 0 Å². The number of thioether (sulfide) groups is 2. The smallest absolute Gasteiger partial charge is 0.124 e. The van der Waals surface area contributed by atoms with Crippen molar-refractivity contribution in [2.24, 2.45) is 0 Å². The summed E-state index contributed by atoms with van der Waals surface area (Å²) in [6.45, 7) is 0.349. The molecule has 3 rings (SSSR count). The molecule has 3 nitrogen and oxygen atoms in total. The maximum atomic E-state index is 9.12. The number of hydrogen-bond acceptors (Lipinski definition) is 5. The zero-order valence-corrected chi connectivity index (χ0v) is 15.8. The molecule has 0 spiro atoms. The Bertz CT molecular complexity index is 655. The second-order valence-corrected chi connectivity index (χ2v) is 8.67. The zero-order chi connectivity index (χ0) is 17.5. The molecule has 1 unspecified atom stereocenters. The van der Waals surface area contributed by atoms with Crippen LogP contribution in [0.25, 0.3) is 0 Å². The molecule has 0 amide bonds. The second kappa shape index (κ2) is 9.53. The Kier molecular flexibility index (Phi) is 7.11. The summed E-state index contributed by atoms with van der Waals surface area (Å²) >= 11 is 3.45. The Morgan fingerprint density at radius 1 is 1.00 bits per heavy atom. The van der Waals surface area contributed by atoms with E-state index in [1.807, 2.05) is 6.07 Å². The van der Waals surface area contributed by atoms with Gasteiger partial charge in [0.1, 0.15) is 11.9 Å². The van der Waals surface area contributed by atoms with Gasteiger partial charge in [0.2, 0.25) is 0 Å². The van der Waals surface area contributed by atoms with Crippen LogP contribution in [0.5, 0.6) is 5.75 Å². The predicted molar refractivity (Wildman–Crippen MR) is 106 cm³/mol. The molecule has 5 heteroatoms. The lowest BCUT2D eigenvalue weighted by Crippen LogP contribution is -2.15. The third-order valence-corrected chi connectivity index (χ3v) is 7.00. The van der Waals surface area contributed by atoms with Crippen molar-refractivity contribution in [2.45, 2.75) is 23.5 Å². The van der Waals surface area contributed by atoms with Gasteiger partial charge in [0.25, 0.3) is 0 Å². The Morgan fingerprint density at radius 3 is 2.40 bits per heavy atom. The Labute approximate surface area is 157 Å². The van der Waals surface area contributed by atoms with Gasteiger partial charge in [-0.3, -0.25) is 0 Å². The molecule has 1 atom stereocenters. The topological polar surface area (TPSA) is 49.7 Å². The van der Waals surface area contributed by atoms with Crippen LogP contribution < -0.4 is 4.74 Å². The number of ether oxygens (including phenoxy) is 1. The van der Waals surface area contributed by atoms with Crippen molar-refractivity contribution in [3.8, 4) is 5.75 Å². The highest BCUT2D eigenvalue weighted by molar-refractivity contribution is 8.16. The lowest BCUT2D eigenvalue weighted by Gasteiger charge is -2.27. The average Bonchev–Trinajstić information content (AvgIpc) is 2.68. The van der Waals surface area contributed by atoms with Crippen LogP contribution in [-0.4, -0.2) is 34.9 Å². The standard InChI is InChI=1S/C20H24O3S2/c21-10-12-24-20(25-13-11-22)17-7-9-19-16(14-17)6-8-18(23-19)15-4-2-1-3-5-15/h1-5,7,9,14,18,20-22H,6,8,10-13H2. The van der Waals surface area contributed by atoms with Gasteiger partial charge < -0.3 is 14.9 Å². The van der Waals surface area contributed by atoms with Crippen molar-refractivity contribution >= 4 is 23.5 Å². The Morgan fingerprint density at radius 2 is 1.72 bits per heavy atom. The molecular formula is C20H24O3S2. The van der Waals surface area contributed by atoms with Crippen LogP contribution in [0.3, 0.4) is 0 Å². The zero-order valence-electron chi connectivity index (χ0n) is 14.1. The molecular weight excluding hydrogens is 352 g/mol. The molecule has 2 N–H and O–H groups in total. The molecule has 0 saturated heterocycles. The molecule has 0 bridgehead atoms. The van der Waals surface area contributed by atoms with E-state index in [0.717, 1.165) is 18.6 Å². The highest BCUT2D eigenvalue weighted by Crippen LogP contribution is 2.42. The Hall–Kier alpha value is -1.14. The van der Waals surface area contributed by atoms with Crippen molar-refractivity contribution < 1.29 is 14.9 Å². The predicted octanol–water partition coefficient (Wildman–Crippen LogP) is 4.20. The quantitative estimate of drug-likeness (QED) is 0.676. The molecule has 2 aromatic carbocycles. The molecule has 0 fully saturated rings. The number of fused-ring (bicyclic) bond motifs is 1. The van der Waals surface area contributed by atoms with Crippen molar-refractivity contribution in [3.63, 3.8) is 0 Å². The van der Waals surface area contributed by atoms with Gasteiger partial charge in [-0.15, -0.1) is 23.5 Å². The number of aliphatic hydroxyl groups excluding tert-OH is 2. The van der Waals surface area contributed by atoms with E-state index < -0.39 is 0 Å². The van der Waals surface area contributed by atoms with E-state index in [1.165, 1.54) is 16.7 Å². The van der Waals surface area contributed by atoms with Crippen molar-refractivity contribution in [1.82, 2.24) is 0 Å². The van der Waals surface area contributed by atoms with E-state index >= 15 is 0 Å². The van der Waals surface area contributed by atoms with Crippen LogP contribution in [0.15, 0.2) is 48.5 Å². The highest BCUT2D eigenvalue weighted by atomic mass is 32.2. The molecule has 1 heterocycles. The number of benzene rings is 2. The van der Waals surface area contributed by atoms with E-state index in [9.17, 15) is 0 Å². The van der Waals surface area contributed by atoms with Gasteiger partial charge in [-0.1, -0.05) is 42.5 Å². The van der Waals surface area contributed by atoms with Crippen LogP contribution >= 0.6 is 23.5 Å². The molecule has 1 aliphatic heterocycles. The molecule has 0 saturated carbocycles. The number of rotatable bonds is 8. The third-order valence-electron chi connectivity index (χ3n) is 4.19. The van der Waals surface area contributed by atoms with Gasteiger partial charge in [-0.2, -0.15) is 0 Å². The summed E-state index contributed by atoms with van der Waals surface area (Å²) < 4.78 is 6.45. The summed E-state index contributed by atoms with van der Waals surface area (Å²) in [7, 11) is 0. The van der Waals surface area contributed by atoms with E-state index in [4.69, 9.17) is 14.9 Å². The van der Waals surface area contributed by atoms with Crippen LogP contribution in [0.1, 0.15) is 33.8 Å². The SMILES string of the molecule is OCCSC(SCCO)c1ccc2c(c1)CCC(c1ccccc1)O2. The van der Waals surface area contributed by atoms with E-state index in [-0.39, 0.29) is 23.9 Å². The molecule has 1 aliphatic rings. The minimum absolute atomic E-state index is 0.128. The summed E-state index contributed by atoms with van der Waals surface area (Å²) in [5.41, 5.74) is 3.72. The van der Waals surface area contributed by atoms with Gasteiger partial charge in [0.05, 0.1) is 17.8 Å². The van der Waals surface area contributed by atoms with Gasteiger partial charge in [-0.05, 0) is 35.6 Å². The number of aryl methyl sites for hydroxylation is 1. The second-order valence-electron chi connectivity index (χ2n) is 5.94. The monoisotopic (exact) mass is 376 g/mol.